The number of allylic oxidation sites excluding steroid dienone is 1. The van der Waals surface area contributed by atoms with Gasteiger partial charge >= 0.3 is 0 Å². The second-order valence-electron chi connectivity index (χ2n) is 6.36. The molecule has 0 aromatic carbocycles. The molecule has 0 radical (unpaired) electrons. The molecule has 2 aliphatic carbocycles. The third kappa shape index (κ3) is 2.18. The third-order valence-electron chi connectivity index (χ3n) is 4.80. The molecule has 0 N–H and O–H groups in total. The molecular formula is C17H24O3. The maximum absolute atomic E-state index is 12.2. The molecule has 0 aliphatic heterocycles. The molecule has 0 heterocycles. The number of ketones is 2. The summed E-state index contributed by atoms with van der Waals surface area (Å²) in [6, 6.07) is 0. The molecular weight excluding hydrogens is 252 g/mol. The summed E-state index contributed by atoms with van der Waals surface area (Å²) in [6.07, 6.45) is 5.38. The van der Waals surface area contributed by atoms with Gasteiger partial charge in [-0.2, -0.15) is 0 Å². The summed E-state index contributed by atoms with van der Waals surface area (Å²) in [6.45, 7) is 11.2. The normalized spacial score (nSPS) is 31.4. The van der Waals surface area contributed by atoms with Crippen LogP contribution in [0.1, 0.15) is 40.5 Å². The lowest BCUT2D eigenvalue weighted by atomic mass is 9.66. The summed E-state index contributed by atoms with van der Waals surface area (Å²) in [5, 5.41) is 0. The van der Waals surface area contributed by atoms with Gasteiger partial charge in [-0.1, -0.05) is 24.3 Å². The van der Waals surface area contributed by atoms with Crippen LogP contribution in [-0.2, 0) is 14.3 Å². The highest BCUT2D eigenvalue weighted by molar-refractivity contribution is 6.06. The van der Waals surface area contributed by atoms with Gasteiger partial charge in [-0.3, -0.25) is 9.59 Å². The van der Waals surface area contributed by atoms with Crippen molar-refractivity contribution in [3.63, 3.8) is 0 Å². The molecule has 20 heavy (non-hydrogen) atoms. The molecule has 3 nitrogen and oxygen atoms in total. The van der Waals surface area contributed by atoms with Crippen molar-refractivity contribution >= 4 is 11.6 Å². The van der Waals surface area contributed by atoms with E-state index in [1.54, 1.807) is 0 Å². The minimum absolute atomic E-state index is 0.00116. The molecule has 110 valence electrons. The first-order valence-corrected chi connectivity index (χ1v) is 7.32. The fraction of sp³-hybridized carbons (Fsp3) is 0.647. The quantitative estimate of drug-likeness (QED) is 0.585. The molecule has 1 fully saturated rings. The molecule has 1 saturated carbocycles. The van der Waals surface area contributed by atoms with Crippen LogP contribution in [-0.4, -0.2) is 23.8 Å². The number of hydrogen-bond donors (Lipinski definition) is 0. The van der Waals surface area contributed by atoms with Gasteiger partial charge in [0.25, 0.3) is 0 Å². The zero-order valence-electron chi connectivity index (χ0n) is 12.8. The van der Waals surface area contributed by atoms with Gasteiger partial charge < -0.3 is 4.74 Å². The van der Waals surface area contributed by atoms with Gasteiger partial charge in [0.15, 0.2) is 0 Å². The monoisotopic (exact) mass is 276 g/mol. The molecule has 0 saturated heterocycles. The van der Waals surface area contributed by atoms with E-state index in [2.05, 4.69) is 12.7 Å². The minimum Gasteiger partial charge on any atom is -0.371 e. The Balaban J connectivity index is 2.41. The lowest BCUT2D eigenvalue weighted by Crippen LogP contribution is -2.44. The first-order valence-electron chi connectivity index (χ1n) is 7.32. The Morgan fingerprint density at radius 3 is 2.45 bits per heavy atom. The highest BCUT2D eigenvalue weighted by Crippen LogP contribution is 2.55. The largest absolute Gasteiger partial charge is 0.371 e. The zero-order valence-corrected chi connectivity index (χ0v) is 12.8. The van der Waals surface area contributed by atoms with Gasteiger partial charge in [-0.05, 0) is 46.5 Å². The summed E-state index contributed by atoms with van der Waals surface area (Å²) in [5.41, 5.74) is 0.0980. The number of fused-ring (bicyclic) bond motifs is 1. The van der Waals surface area contributed by atoms with Crippen molar-refractivity contribution in [2.45, 2.75) is 52.7 Å². The molecule has 3 heteroatoms. The SMILES string of the molecule is C=C1CC(C(C)=O)(C(C)=O)[C@@H]2CC=C[C@@H](OC(C)C)[C@H]12. The summed E-state index contributed by atoms with van der Waals surface area (Å²) in [7, 11) is 0. The van der Waals surface area contributed by atoms with Crippen LogP contribution in [0.15, 0.2) is 24.3 Å². The van der Waals surface area contributed by atoms with Crippen molar-refractivity contribution in [2.75, 3.05) is 0 Å². The number of Topliss-reactive ketones (excluding diaryl/α,β-unsaturated/α-hetero) is 2. The molecule has 0 spiro atoms. The molecule has 3 atom stereocenters. The Hall–Kier alpha value is -1.22. The van der Waals surface area contributed by atoms with Gasteiger partial charge in [0.05, 0.1) is 17.6 Å². The predicted octanol–water partition coefficient (Wildman–Crippen LogP) is 3.10. The third-order valence-corrected chi connectivity index (χ3v) is 4.80. The Morgan fingerprint density at radius 2 is 1.95 bits per heavy atom. The van der Waals surface area contributed by atoms with Crippen molar-refractivity contribution in [3.8, 4) is 0 Å². The van der Waals surface area contributed by atoms with Crippen LogP contribution >= 0.6 is 0 Å². The second-order valence-corrected chi connectivity index (χ2v) is 6.36. The first-order chi connectivity index (χ1) is 9.30. The lowest BCUT2D eigenvalue weighted by Gasteiger charge is -2.37. The molecule has 2 aliphatic rings. The Morgan fingerprint density at radius 1 is 1.35 bits per heavy atom. The van der Waals surface area contributed by atoms with Crippen LogP contribution in [0.4, 0.5) is 0 Å². The molecule has 0 bridgehead atoms. The lowest BCUT2D eigenvalue weighted by molar-refractivity contribution is -0.142. The highest BCUT2D eigenvalue weighted by atomic mass is 16.5. The van der Waals surface area contributed by atoms with E-state index in [1.165, 1.54) is 13.8 Å². The Kier molecular flexibility index (Phi) is 4.01. The first kappa shape index (κ1) is 15.2. The van der Waals surface area contributed by atoms with Gasteiger partial charge in [0, 0.05) is 5.92 Å². The van der Waals surface area contributed by atoms with Crippen LogP contribution in [0.2, 0.25) is 0 Å². The molecule has 0 unspecified atom stereocenters. The molecule has 2 rings (SSSR count). The number of carbonyl (C=O) groups is 2. The maximum atomic E-state index is 12.2. The fourth-order valence-corrected chi connectivity index (χ4v) is 3.95. The number of carbonyl (C=O) groups excluding carboxylic acids is 2. The van der Waals surface area contributed by atoms with Crippen molar-refractivity contribution in [2.24, 2.45) is 17.3 Å². The van der Waals surface area contributed by atoms with Crippen LogP contribution in [0.3, 0.4) is 0 Å². The average molecular weight is 276 g/mol. The van der Waals surface area contributed by atoms with Gasteiger partial charge in [0.2, 0.25) is 0 Å². The van der Waals surface area contributed by atoms with Crippen molar-refractivity contribution in [1.29, 1.82) is 0 Å². The second kappa shape index (κ2) is 5.28. The van der Waals surface area contributed by atoms with Crippen molar-refractivity contribution in [1.82, 2.24) is 0 Å². The highest BCUT2D eigenvalue weighted by Gasteiger charge is 2.58. The molecule has 0 aromatic rings. The average Bonchev–Trinajstić information content (AvgIpc) is 2.64. The minimum atomic E-state index is -0.884. The van der Waals surface area contributed by atoms with Crippen LogP contribution in [0, 0.1) is 17.3 Å². The zero-order chi connectivity index (χ0) is 15.1. The van der Waals surface area contributed by atoms with E-state index >= 15 is 0 Å². The van der Waals surface area contributed by atoms with Gasteiger partial charge in [0.1, 0.15) is 11.6 Å². The van der Waals surface area contributed by atoms with E-state index in [9.17, 15) is 9.59 Å². The molecule has 0 amide bonds. The van der Waals surface area contributed by atoms with Crippen LogP contribution in [0.25, 0.3) is 0 Å². The molecule has 0 aromatic heterocycles. The van der Waals surface area contributed by atoms with E-state index < -0.39 is 5.41 Å². The number of rotatable bonds is 4. The maximum Gasteiger partial charge on any atom is 0.143 e. The van der Waals surface area contributed by atoms with E-state index in [0.717, 1.165) is 12.0 Å². The fourth-order valence-electron chi connectivity index (χ4n) is 3.95. The topological polar surface area (TPSA) is 43.4 Å². The van der Waals surface area contributed by atoms with Crippen LogP contribution in [0.5, 0.6) is 0 Å². The van der Waals surface area contributed by atoms with E-state index in [1.807, 2.05) is 19.9 Å². The van der Waals surface area contributed by atoms with E-state index in [0.29, 0.717) is 6.42 Å². The van der Waals surface area contributed by atoms with Gasteiger partial charge in [-0.25, -0.2) is 0 Å². The standard InChI is InChI=1S/C17H24O3/c1-10(2)20-15-8-6-7-14-16(15)11(3)9-17(14,12(4)18)13(5)19/h6,8,10,14-16H,3,7,9H2,1-2,4-5H3/t14-,15-,16-/m1/s1. The van der Waals surface area contributed by atoms with E-state index in [4.69, 9.17) is 4.74 Å². The van der Waals surface area contributed by atoms with E-state index in [-0.39, 0.29) is 35.6 Å². The smallest absolute Gasteiger partial charge is 0.143 e. The summed E-state index contributed by atoms with van der Waals surface area (Å²) in [4.78, 5) is 24.4. The Labute approximate surface area is 121 Å². The number of hydrogen-bond acceptors (Lipinski definition) is 3. The summed E-state index contributed by atoms with van der Waals surface area (Å²) < 4.78 is 5.96. The number of ether oxygens (including phenoxy) is 1. The van der Waals surface area contributed by atoms with Gasteiger partial charge in [-0.15, -0.1) is 0 Å². The summed E-state index contributed by atoms with van der Waals surface area (Å²) in [5.74, 6) is 0.0171. The van der Waals surface area contributed by atoms with Crippen LogP contribution < -0.4 is 0 Å². The summed E-state index contributed by atoms with van der Waals surface area (Å²) >= 11 is 0. The van der Waals surface area contributed by atoms with Crippen molar-refractivity contribution < 1.29 is 14.3 Å². The Bertz CT molecular complexity index is 459. The predicted molar refractivity (Wildman–Crippen MR) is 78.3 cm³/mol. The van der Waals surface area contributed by atoms with Crippen molar-refractivity contribution in [3.05, 3.63) is 24.3 Å².